The molecule has 41 heavy (non-hydrogen) atoms. The van der Waals surface area contributed by atoms with Gasteiger partial charge >= 0.3 is 6.18 Å². The Labute approximate surface area is 227 Å². The molecule has 9 nitrogen and oxygen atoms in total. The fourth-order valence-corrected chi connectivity index (χ4v) is 3.95. The van der Waals surface area contributed by atoms with Crippen molar-refractivity contribution < 1.29 is 36.4 Å². The number of benzene rings is 3. The first-order chi connectivity index (χ1) is 19.5. The number of nitrogens with zero attached hydrogens (tertiary/aromatic N) is 4. The lowest BCUT2D eigenvalue weighted by Gasteiger charge is -2.12. The molecule has 5 rings (SSSR count). The van der Waals surface area contributed by atoms with Crippen LogP contribution in [0.25, 0.3) is 16.9 Å². The minimum Gasteiger partial charge on any atom is -0.457 e. The summed E-state index contributed by atoms with van der Waals surface area (Å²) in [5, 5.41) is 17.8. The van der Waals surface area contributed by atoms with Gasteiger partial charge in [0.2, 0.25) is 0 Å². The van der Waals surface area contributed by atoms with Gasteiger partial charge in [-0.25, -0.2) is 18.3 Å². The molecule has 1 N–H and O–H groups in total. The summed E-state index contributed by atoms with van der Waals surface area (Å²) in [5.41, 5.74) is -1.92. The lowest BCUT2D eigenvalue weighted by molar-refractivity contribution is -0.384. The van der Waals surface area contributed by atoms with E-state index in [1.54, 1.807) is 30.3 Å². The normalized spacial score (nSPS) is 11.6. The van der Waals surface area contributed by atoms with E-state index in [0.29, 0.717) is 11.6 Å². The number of ether oxygens (including phenoxy) is 1. The van der Waals surface area contributed by atoms with Crippen molar-refractivity contribution in [3.8, 4) is 22.8 Å². The molecule has 0 fully saturated rings. The lowest BCUT2D eigenvalue weighted by Crippen LogP contribution is -2.13. The van der Waals surface area contributed by atoms with Crippen LogP contribution in [-0.4, -0.2) is 25.4 Å². The molecule has 0 aliphatic rings. The third-order valence-electron chi connectivity index (χ3n) is 5.79. The Hall–Kier alpha value is -5.40. The minimum atomic E-state index is -4.64. The molecule has 0 radical (unpaired) electrons. The smallest absolute Gasteiger partial charge is 0.416 e. The van der Waals surface area contributed by atoms with Gasteiger partial charge in [0.25, 0.3) is 18.0 Å². The Morgan fingerprint density at radius 2 is 1.73 bits per heavy atom. The molecule has 0 saturated heterocycles. The molecule has 0 aliphatic carbocycles. The molecule has 2 heterocycles. The molecular formula is C27H16F5N5O4. The molecule has 0 aliphatic heterocycles. The monoisotopic (exact) mass is 569 g/mol. The van der Waals surface area contributed by atoms with Crippen LogP contribution < -0.4 is 10.1 Å². The van der Waals surface area contributed by atoms with Crippen molar-refractivity contribution in [3.63, 3.8) is 0 Å². The number of nitrogens with one attached hydrogen (secondary N) is 1. The number of carbonyl (C=O) groups excluding carboxylic acids is 1. The first-order valence-corrected chi connectivity index (χ1v) is 11.7. The second-order valence-electron chi connectivity index (χ2n) is 8.58. The summed E-state index contributed by atoms with van der Waals surface area (Å²) >= 11 is 0. The third-order valence-corrected chi connectivity index (χ3v) is 5.79. The fraction of sp³-hybridized carbons (Fsp3) is 0.0741. The quantitative estimate of drug-likeness (QED) is 0.125. The first-order valence-electron chi connectivity index (χ1n) is 11.7. The number of carbonyl (C=O) groups is 1. The summed E-state index contributed by atoms with van der Waals surface area (Å²) in [6.45, 7) is 0. The topological polar surface area (TPSA) is 112 Å². The van der Waals surface area contributed by atoms with Crippen LogP contribution in [-0.2, 0) is 6.18 Å². The number of amides is 1. The van der Waals surface area contributed by atoms with Crippen molar-refractivity contribution >= 4 is 22.9 Å². The molecule has 14 heteroatoms. The number of aromatic nitrogens is 3. The number of hydrogen-bond acceptors (Lipinski definition) is 6. The maximum absolute atomic E-state index is 13.9. The SMILES string of the molecule is O=C(Nc1cc(Oc2cccc(C(F)(F)F)c2)cc([N+](=O)[O-])c1)c1cnn2c(C(F)F)cc(-c3ccccc3)nc12. The van der Waals surface area contributed by atoms with Crippen molar-refractivity contribution in [1.82, 2.24) is 14.6 Å². The second-order valence-corrected chi connectivity index (χ2v) is 8.58. The number of anilines is 1. The summed E-state index contributed by atoms with van der Waals surface area (Å²) < 4.78 is 73.2. The minimum absolute atomic E-state index is 0.154. The highest BCUT2D eigenvalue weighted by atomic mass is 19.4. The van der Waals surface area contributed by atoms with E-state index >= 15 is 0 Å². The Bertz CT molecular complexity index is 1770. The van der Waals surface area contributed by atoms with E-state index in [2.05, 4.69) is 15.4 Å². The summed E-state index contributed by atoms with van der Waals surface area (Å²) in [4.78, 5) is 28.3. The van der Waals surface area contributed by atoms with Crippen LogP contribution in [0.2, 0.25) is 0 Å². The van der Waals surface area contributed by atoms with Gasteiger partial charge in [0.1, 0.15) is 22.8 Å². The van der Waals surface area contributed by atoms with E-state index in [1.165, 1.54) is 6.07 Å². The molecule has 5 aromatic rings. The van der Waals surface area contributed by atoms with Crippen molar-refractivity contribution in [2.45, 2.75) is 12.6 Å². The maximum atomic E-state index is 13.9. The molecule has 0 saturated carbocycles. The van der Waals surface area contributed by atoms with Gasteiger partial charge in [0.05, 0.1) is 34.1 Å². The highest BCUT2D eigenvalue weighted by Gasteiger charge is 2.30. The predicted molar refractivity (Wildman–Crippen MR) is 136 cm³/mol. The van der Waals surface area contributed by atoms with Crippen LogP contribution in [0, 0.1) is 10.1 Å². The Morgan fingerprint density at radius 3 is 2.41 bits per heavy atom. The largest absolute Gasteiger partial charge is 0.457 e. The maximum Gasteiger partial charge on any atom is 0.416 e. The molecule has 0 unspecified atom stereocenters. The molecule has 0 bridgehead atoms. The average molecular weight is 569 g/mol. The number of nitro groups is 1. The summed E-state index contributed by atoms with van der Waals surface area (Å²) in [5.74, 6) is -1.38. The number of nitro benzene ring substituents is 1. The van der Waals surface area contributed by atoms with Gasteiger partial charge in [0.15, 0.2) is 5.65 Å². The van der Waals surface area contributed by atoms with E-state index in [1.807, 2.05) is 0 Å². The zero-order valence-corrected chi connectivity index (χ0v) is 20.5. The van der Waals surface area contributed by atoms with Gasteiger partial charge in [-0.2, -0.15) is 18.3 Å². The first kappa shape index (κ1) is 27.2. The zero-order chi connectivity index (χ0) is 29.3. The number of fused-ring (bicyclic) bond motifs is 1. The fourth-order valence-electron chi connectivity index (χ4n) is 3.95. The van der Waals surface area contributed by atoms with Crippen LogP contribution in [0.5, 0.6) is 11.5 Å². The molecule has 208 valence electrons. The number of alkyl halides is 5. The van der Waals surface area contributed by atoms with E-state index in [9.17, 15) is 36.9 Å². The van der Waals surface area contributed by atoms with E-state index in [4.69, 9.17) is 4.74 Å². The molecule has 3 aromatic carbocycles. The van der Waals surface area contributed by atoms with Crippen LogP contribution in [0.3, 0.4) is 0 Å². The Balaban J connectivity index is 1.50. The molecule has 1 amide bonds. The van der Waals surface area contributed by atoms with Crippen molar-refractivity contribution in [2.75, 3.05) is 5.32 Å². The Kier molecular flexibility index (Phi) is 7.05. The number of halogens is 5. The van der Waals surface area contributed by atoms with Gasteiger partial charge < -0.3 is 10.1 Å². The number of rotatable bonds is 7. The highest BCUT2D eigenvalue weighted by molar-refractivity contribution is 6.08. The van der Waals surface area contributed by atoms with Crippen LogP contribution in [0.15, 0.2) is 85.1 Å². The number of non-ortho nitro benzene ring substituents is 1. The van der Waals surface area contributed by atoms with Gasteiger partial charge in [-0.3, -0.25) is 14.9 Å². The molecule has 0 atom stereocenters. The summed E-state index contributed by atoms with van der Waals surface area (Å²) in [6.07, 6.45) is -6.57. The van der Waals surface area contributed by atoms with Gasteiger partial charge in [0, 0.05) is 17.7 Å². The second kappa shape index (κ2) is 10.6. The average Bonchev–Trinajstić information content (AvgIpc) is 3.36. The van der Waals surface area contributed by atoms with Crippen molar-refractivity contribution in [2.24, 2.45) is 0 Å². The van der Waals surface area contributed by atoms with Gasteiger partial charge in [-0.15, -0.1) is 0 Å². The van der Waals surface area contributed by atoms with Crippen molar-refractivity contribution in [1.29, 1.82) is 0 Å². The zero-order valence-electron chi connectivity index (χ0n) is 20.5. The van der Waals surface area contributed by atoms with Crippen molar-refractivity contribution in [3.05, 3.63) is 112 Å². The molecule has 2 aromatic heterocycles. The lowest BCUT2D eigenvalue weighted by atomic mass is 10.1. The summed E-state index contributed by atoms with van der Waals surface area (Å²) in [7, 11) is 0. The van der Waals surface area contributed by atoms with Gasteiger partial charge in [-0.05, 0) is 24.3 Å². The number of hydrogen-bond donors (Lipinski definition) is 1. The van der Waals surface area contributed by atoms with Crippen LogP contribution in [0.1, 0.15) is 28.0 Å². The Morgan fingerprint density at radius 1 is 0.976 bits per heavy atom. The van der Waals surface area contributed by atoms with Gasteiger partial charge in [-0.1, -0.05) is 36.4 Å². The van der Waals surface area contributed by atoms with Crippen LogP contribution in [0.4, 0.5) is 33.3 Å². The van der Waals surface area contributed by atoms with Crippen LogP contribution >= 0.6 is 0 Å². The predicted octanol–water partition coefficient (Wildman–Crippen LogP) is 7.31. The highest BCUT2D eigenvalue weighted by Crippen LogP contribution is 2.35. The third kappa shape index (κ3) is 5.80. The summed E-state index contributed by atoms with van der Waals surface area (Å²) in [6, 6.07) is 16.6. The molecular weight excluding hydrogens is 553 g/mol. The van der Waals surface area contributed by atoms with E-state index in [0.717, 1.165) is 47.1 Å². The molecule has 0 spiro atoms. The van der Waals surface area contributed by atoms with E-state index < -0.39 is 40.4 Å². The van der Waals surface area contributed by atoms with E-state index in [-0.39, 0.29) is 34.1 Å². The standard InChI is InChI=1S/C27H16F5N5O4/c28-24(29)23-13-22(15-5-2-1-3-6-15)35-25-21(14-33-36(23)25)26(38)34-17-10-18(37(39)40)12-20(11-17)41-19-8-4-7-16(9-19)27(30,31)32/h1-14,24H,(H,34,38).